The Morgan fingerprint density at radius 2 is 2.17 bits per heavy atom. The smallest absolute Gasteiger partial charge is 0.233 e. The molecule has 1 fully saturated rings. The first-order valence-electron chi connectivity index (χ1n) is 6.13. The summed E-state index contributed by atoms with van der Waals surface area (Å²) in [5.41, 5.74) is 6.59. The maximum atomic E-state index is 11.2. The second kappa shape index (κ2) is 6.31. The van der Waals surface area contributed by atoms with Gasteiger partial charge in [-0.05, 0) is 24.1 Å². The van der Waals surface area contributed by atoms with Crippen molar-refractivity contribution in [3.05, 3.63) is 34.3 Å². The van der Waals surface area contributed by atoms with Crippen LogP contribution in [-0.4, -0.2) is 36.5 Å². The molecule has 2 rings (SSSR count). The van der Waals surface area contributed by atoms with Crippen molar-refractivity contribution in [2.45, 2.75) is 19.0 Å². The molecule has 18 heavy (non-hydrogen) atoms. The van der Waals surface area contributed by atoms with Gasteiger partial charge in [0.15, 0.2) is 0 Å². The molecule has 1 aromatic carbocycles. The Morgan fingerprint density at radius 3 is 2.83 bits per heavy atom. The van der Waals surface area contributed by atoms with Crippen LogP contribution in [0.4, 0.5) is 0 Å². The number of hydrogen-bond acceptors (Lipinski definition) is 3. The number of benzene rings is 1. The number of carbonyl (C=O) groups excluding carboxylic acids is 1. The Labute approximate surface area is 116 Å². The lowest BCUT2D eigenvalue weighted by Crippen LogP contribution is -2.40. The number of hydrogen-bond donors (Lipinski definition) is 2. The van der Waals surface area contributed by atoms with Gasteiger partial charge in [0.05, 0.1) is 6.54 Å². The molecule has 1 aromatic rings. The third-order valence-corrected chi connectivity index (χ3v) is 3.67. The zero-order valence-electron chi connectivity index (χ0n) is 10.2. The van der Waals surface area contributed by atoms with Crippen LogP contribution >= 0.6 is 15.9 Å². The molecule has 0 aliphatic carbocycles. The van der Waals surface area contributed by atoms with E-state index < -0.39 is 0 Å². The highest BCUT2D eigenvalue weighted by atomic mass is 79.9. The van der Waals surface area contributed by atoms with E-state index in [0.29, 0.717) is 0 Å². The Morgan fingerprint density at radius 1 is 1.44 bits per heavy atom. The Bertz CT molecular complexity index is 407. The first kappa shape index (κ1) is 13.5. The van der Waals surface area contributed by atoms with Crippen LogP contribution in [0.1, 0.15) is 12.0 Å². The predicted octanol–water partition coefficient (Wildman–Crippen LogP) is 1.10. The van der Waals surface area contributed by atoms with E-state index in [4.69, 9.17) is 5.73 Å². The number of carbonyl (C=O) groups is 1. The van der Waals surface area contributed by atoms with Crippen LogP contribution in [0, 0.1) is 0 Å². The number of nitrogens with two attached hydrogens (primary N) is 1. The minimum absolute atomic E-state index is 0.0644. The highest BCUT2D eigenvalue weighted by molar-refractivity contribution is 9.10. The van der Waals surface area contributed by atoms with Crippen LogP contribution in [-0.2, 0) is 11.3 Å². The van der Waals surface area contributed by atoms with Gasteiger partial charge in [0.2, 0.25) is 5.91 Å². The molecule has 0 saturated carbocycles. The van der Waals surface area contributed by atoms with Gasteiger partial charge in [-0.25, -0.2) is 0 Å². The molecule has 1 unspecified atom stereocenters. The lowest BCUT2D eigenvalue weighted by molar-refractivity contribution is -0.120. The van der Waals surface area contributed by atoms with Crippen LogP contribution in [0.3, 0.4) is 0 Å². The number of nitrogens with zero attached hydrogens (tertiary/aromatic N) is 1. The number of likely N-dealkylation sites (tertiary alicyclic amines) is 1. The Kier molecular flexibility index (Phi) is 4.74. The van der Waals surface area contributed by atoms with Crippen molar-refractivity contribution < 1.29 is 4.79 Å². The van der Waals surface area contributed by atoms with Gasteiger partial charge in [0, 0.05) is 30.1 Å². The van der Waals surface area contributed by atoms with Gasteiger partial charge in [-0.3, -0.25) is 9.69 Å². The van der Waals surface area contributed by atoms with Gasteiger partial charge in [-0.15, -0.1) is 0 Å². The molecule has 3 N–H and O–H groups in total. The summed E-state index contributed by atoms with van der Waals surface area (Å²) in [6.45, 7) is 2.93. The number of rotatable bonds is 4. The molecule has 0 aromatic heterocycles. The molecule has 1 amide bonds. The van der Waals surface area contributed by atoms with Gasteiger partial charge in [-0.2, -0.15) is 0 Å². The summed E-state index contributed by atoms with van der Waals surface area (Å²) >= 11 is 3.43. The molecule has 1 saturated heterocycles. The lowest BCUT2D eigenvalue weighted by atomic mass is 10.2. The molecule has 1 aliphatic rings. The number of amides is 1. The van der Waals surface area contributed by atoms with Gasteiger partial charge in [-0.1, -0.05) is 28.1 Å². The quantitative estimate of drug-likeness (QED) is 0.875. The van der Waals surface area contributed by atoms with E-state index in [2.05, 4.69) is 50.4 Å². The summed E-state index contributed by atoms with van der Waals surface area (Å²) < 4.78 is 1.10. The van der Waals surface area contributed by atoms with E-state index in [0.717, 1.165) is 30.5 Å². The molecular weight excluding hydrogens is 294 g/mol. The van der Waals surface area contributed by atoms with Gasteiger partial charge >= 0.3 is 0 Å². The Balaban J connectivity index is 1.82. The SMILES string of the molecule is NCC(=O)NC1CCN(Cc2ccc(Br)cc2)C1. The molecule has 5 heteroatoms. The molecule has 4 nitrogen and oxygen atoms in total. The van der Waals surface area contributed by atoms with Crippen LogP contribution in [0.15, 0.2) is 28.7 Å². The van der Waals surface area contributed by atoms with Crippen molar-refractivity contribution >= 4 is 21.8 Å². The molecule has 1 heterocycles. The summed E-state index contributed by atoms with van der Waals surface area (Å²) in [5, 5.41) is 2.94. The third-order valence-electron chi connectivity index (χ3n) is 3.14. The highest BCUT2D eigenvalue weighted by Crippen LogP contribution is 2.16. The molecule has 98 valence electrons. The average molecular weight is 312 g/mol. The Hall–Kier alpha value is -0.910. The number of nitrogens with one attached hydrogen (secondary N) is 1. The third kappa shape index (κ3) is 3.80. The summed E-state index contributed by atoms with van der Waals surface area (Å²) in [6, 6.07) is 8.60. The standard InChI is InChI=1S/C13H18BrN3O/c14-11-3-1-10(2-4-11)8-17-6-5-12(9-17)16-13(18)7-15/h1-4,12H,5-9,15H2,(H,16,18). The van der Waals surface area contributed by atoms with Crippen molar-refractivity contribution in [1.82, 2.24) is 10.2 Å². The topological polar surface area (TPSA) is 58.4 Å². The van der Waals surface area contributed by atoms with Crippen LogP contribution in [0.5, 0.6) is 0 Å². The fraction of sp³-hybridized carbons (Fsp3) is 0.462. The van der Waals surface area contributed by atoms with E-state index in [1.807, 2.05) is 0 Å². The fourth-order valence-corrected chi connectivity index (χ4v) is 2.49. The van der Waals surface area contributed by atoms with E-state index in [1.54, 1.807) is 0 Å². The zero-order chi connectivity index (χ0) is 13.0. The van der Waals surface area contributed by atoms with Gasteiger partial charge in [0.25, 0.3) is 0 Å². The maximum Gasteiger partial charge on any atom is 0.233 e. The first-order chi connectivity index (χ1) is 8.67. The minimum atomic E-state index is -0.0644. The van der Waals surface area contributed by atoms with Crippen LogP contribution in [0.2, 0.25) is 0 Å². The predicted molar refractivity (Wildman–Crippen MR) is 75.0 cm³/mol. The molecule has 0 radical (unpaired) electrons. The second-order valence-corrected chi connectivity index (χ2v) is 5.53. The maximum absolute atomic E-state index is 11.2. The average Bonchev–Trinajstić information content (AvgIpc) is 2.79. The van der Waals surface area contributed by atoms with E-state index in [9.17, 15) is 4.79 Å². The highest BCUT2D eigenvalue weighted by Gasteiger charge is 2.23. The molecule has 1 aliphatic heterocycles. The van der Waals surface area contributed by atoms with E-state index in [-0.39, 0.29) is 18.5 Å². The van der Waals surface area contributed by atoms with Crippen LogP contribution in [0.25, 0.3) is 0 Å². The summed E-state index contributed by atoms with van der Waals surface area (Å²) in [6.07, 6.45) is 1.00. The van der Waals surface area contributed by atoms with Crippen molar-refractivity contribution in [2.24, 2.45) is 5.73 Å². The number of halogens is 1. The van der Waals surface area contributed by atoms with E-state index >= 15 is 0 Å². The second-order valence-electron chi connectivity index (χ2n) is 4.62. The summed E-state index contributed by atoms with van der Waals surface area (Å²) in [7, 11) is 0. The fourth-order valence-electron chi connectivity index (χ4n) is 2.23. The molecule has 0 bridgehead atoms. The zero-order valence-corrected chi connectivity index (χ0v) is 11.8. The van der Waals surface area contributed by atoms with Crippen molar-refractivity contribution in [1.29, 1.82) is 0 Å². The summed E-state index contributed by atoms with van der Waals surface area (Å²) in [4.78, 5) is 13.6. The lowest BCUT2D eigenvalue weighted by Gasteiger charge is -2.16. The first-order valence-corrected chi connectivity index (χ1v) is 6.93. The molecular formula is C13H18BrN3O. The van der Waals surface area contributed by atoms with Crippen molar-refractivity contribution in [3.63, 3.8) is 0 Å². The summed E-state index contributed by atoms with van der Waals surface area (Å²) in [5.74, 6) is -0.0644. The van der Waals surface area contributed by atoms with Crippen LogP contribution < -0.4 is 11.1 Å². The van der Waals surface area contributed by atoms with Crippen molar-refractivity contribution in [3.8, 4) is 0 Å². The van der Waals surface area contributed by atoms with Gasteiger partial charge in [0.1, 0.15) is 0 Å². The molecule has 1 atom stereocenters. The monoisotopic (exact) mass is 311 g/mol. The van der Waals surface area contributed by atoms with E-state index in [1.165, 1.54) is 5.56 Å². The van der Waals surface area contributed by atoms with Crippen molar-refractivity contribution in [2.75, 3.05) is 19.6 Å². The molecule has 0 spiro atoms. The largest absolute Gasteiger partial charge is 0.351 e. The normalized spacial score (nSPS) is 20.0. The minimum Gasteiger partial charge on any atom is -0.351 e. The van der Waals surface area contributed by atoms with Gasteiger partial charge < -0.3 is 11.1 Å².